The molecule has 0 rings (SSSR count). The van der Waals surface area contributed by atoms with Gasteiger partial charge in [0.1, 0.15) is 0 Å². The molecular weight excluding hydrogens is 338 g/mol. The summed E-state index contributed by atoms with van der Waals surface area (Å²) in [5.41, 5.74) is 0. The van der Waals surface area contributed by atoms with E-state index in [2.05, 4.69) is 26.1 Å². The maximum Gasteiger partial charge on any atom is 0.00644 e. The van der Waals surface area contributed by atoms with Crippen molar-refractivity contribution in [1.29, 1.82) is 0 Å². The van der Waals surface area contributed by atoms with Gasteiger partial charge in [-0.2, -0.15) is 0 Å². The van der Waals surface area contributed by atoms with E-state index in [1.807, 2.05) is 0 Å². The zero-order valence-electron chi connectivity index (χ0n) is 20.3. The van der Waals surface area contributed by atoms with Crippen LogP contribution in [0.2, 0.25) is 0 Å². The molecule has 28 heavy (non-hydrogen) atoms. The Morgan fingerprint density at radius 1 is 0.429 bits per heavy atom. The second-order valence-electron chi connectivity index (χ2n) is 9.21. The molecule has 0 aliphatic rings. The lowest BCUT2D eigenvalue weighted by Gasteiger charge is -2.17. The summed E-state index contributed by atoms with van der Waals surface area (Å²) in [4.78, 5) is 0. The van der Waals surface area contributed by atoms with Crippen molar-refractivity contribution in [1.82, 2.24) is 5.32 Å². The van der Waals surface area contributed by atoms with Crippen LogP contribution >= 0.6 is 0 Å². The highest BCUT2D eigenvalue weighted by Gasteiger charge is 2.04. The Bertz CT molecular complexity index is 263. The van der Waals surface area contributed by atoms with Crippen LogP contribution in [0.5, 0.6) is 0 Å². The molecule has 0 saturated heterocycles. The minimum absolute atomic E-state index is 0.771. The number of rotatable bonds is 24. The molecule has 0 radical (unpaired) electrons. The Kier molecular flexibility index (Phi) is 25.0. The zero-order valence-corrected chi connectivity index (χ0v) is 20.3. The van der Waals surface area contributed by atoms with E-state index in [1.165, 1.54) is 148 Å². The van der Waals surface area contributed by atoms with Crippen LogP contribution in [0.4, 0.5) is 0 Å². The average molecular weight is 396 g/mol. The third-order valence-electron chi connectivity index (χ3n) is 6.36. The van der Waals surface area contributed by atoms with Crippen molar-refractivity contribution in [2.45, 2.75) is 168 Å². The van der Waals surface area contributed by atoms with Gasteiger partial charge in [0.2, 0.25) is 0 Å². The van der Waals surface area contributed by atoms with Crippen molar-refractivity contribution < 1.29 is 0 Å². The summed E-state index contributed by atoms with van der Waals surface area (Å²) < 4.78 is 0. The van der Waals surface area contributed by atoms with Crippen molar-refractivity contribution in [3.05, 3.63) is 0 Å². The molecule has 1 N–H and O–H groups in total. The number of nitrogens with one attached hydrogen (secondary N) is 1. The van der Waals surface area contributed by atoms with Crippen molar-refractivity contribution in [2.75, 3.05) is 6.54 Å². The summed E-state index contributed by atoms with van der Waals surface area (Å²) in [5, 5.41) is 3.82. The molecule has 0 bridgehead atoms. The quantitative estimate of drug-likeness (QED) is 0.160. The summed E-state index contributed by atoms with van der Waals surface area (Å²) in [6.45, 7) is 8.20. The van der Waals surface area contributed by atoms with Gasteiger partial charge in [0.15, 0.2) is 0 Å². The SMILES string of the molecule is CCCCCCCCCCCCCCNC(CC)CCCCCCCCCC. The van der Waals surface area contributed by atoms with Crippen LogP contribution in [-0.4, -0.2) is 12.6 Å². The predicted octanol–water partition coefficient (Wildman–Crippen LogP) is 9.59. The molecule has 0 saturated carbocycles. The summed E-state index contributed by atoms with van der Waals surface area (Å²) in [6, 6.07) is 0.771. The van der Waals surface area contributed by atoms with Crippen LogP contribution in [-0.2, 0) is 0 Å². The van der Waals surface area contributed by atoms with Crippen LogP contribution in [0.15, 0.2) is 0 Å². The Morgan fingerprint density at radius 3 is 1.18 bits per heavy atom. The standard InChI is InChI=1S/C27H57N/c1-4-7-9-11-13-15-16-17-18-20-22-24-26-28-27(6-3)25-23-21-19-14-12-10-8-5-2/h27-28H,4-26H2,1-3H3. The van der Waals surface area contributed by atoms with E-state index < -0.39 is 0 Å². The Hall–Kier alpha value is -0.0400. The third-order valence-corrected chi connectivity index (χ3v) is 6.36. The number of hydrogen-bond donors (Lipinski definition) is 1. The second kappa shape index (κ2) is 25.0. The molecule has 0 amide bonds. The van der Waals surface area contributed by atoms with E-state index in [-0.39, 0.29) is 0 Å². The fourth-order valence-electron chi connectivity index (χ4n) is 4.25. The maximum atomic E-state index is 3.82. The molecule has 0 heterocycles. The van der Waals surface area contributed by atoms with Gasteiger partial charge >= 0.3 is 0 Å². The summed E-state index contributed by atoms with van der Waals surface area (Å²) in [7, 11) is 0. The number of unbranched alkanes of at least 4 members (excludes halogenated alkanes) is 18. The molecule has 1 unspecified atom stereocenters. The molecule has 0 aliphatic heterocycles. The van der Waals surface area contributed by atoms with E-state index in [9.17, 15) is 0 Å². The van der Waals surface area contributed by atoms with Gasteiger partial charge in [-0.25, -0.2) is 0 Å². The largest absolute Gasteiger partial charge is 0.314 e. The van der Waals surface area contributed by atoms with Crippen molar-refractivity contribution in [2.24, 2.45) is 0 Å². The fraction of sp³-hybridized carbons (Fsp3) is 1.00. The highest BCUT2D eigenvalue weighted by Crippen LogP contribution is 2.13. The summed E-state index contributed by atoms with van der Waals surface area (Å²) in [6.07, 6.45) is 31.5. The van der Waals surface area contributed by atoms with Gasteiger partial charge in [0.25, 0.3) is 0 Å². The molecule has 1 nitrogen and oxygen atoms in total. The Balaban J connectivity index is 3.25. The monoisotopic (exact) mass is 395 g/mol. The van der Waals surface area contributed by atoms with Crippen LogP contribution in [0.25, 0.3) is 0 Å². The van der Waals surface area contributed by atoms with E-state index in [4.69, 9.17) is 0 Å². The lowest BCUT2D eigenvalue weighted by atomic mass is 10.0. The van der Waals surface area contributed by atoms with Gasteiger partial charge < -0.3 is 5.32 Å². The molecule has 0 aromatic rings. The van der Waals surface area contributed by atoms with Crippen LogP contribution in [0.3, 0.4) is 0 Å². The molecule has 170 valence electrons. The second-order valence-corrected chi connectivity index (χ2v) is 9.21. The Morgan fingerprint density at radius 2 is 0.786 bits per heavy atom. The molecule has 1 atom stereocenters. The van der Waals surface area contributed by atoms with Gasteiger partial charge in [-0.15, -0.1) is 0 Å². The van der Waals surface area contributed by atoms with Crippen LogP contribution in [0, 0.1) is 0 Å². The van der Waals surface area contributed by atoms with E-state index in [0.29, 0.717) is 0 Å². The molecule has 0 spiro atoms. The van der Waals surface area contributed by atoms with Crippen LogP contribution < -0.4 is 5.32 Å². The van der Waals surface area contributed by atoms with Gasteiger partial charge in [0.05, 0.1) is 0 Å². The normalized spacial score (nSPS) is 12.5. The molecule has 0 aromatic heterocycles. The summed E-state index contributed by atoms with van der Waals surface area (Å²) in [5.74, 6) is 0. The van der Waals surface area contributed by atoms with Crippen molar-refractivity contribution >= 4 is 0 Å². The van der Waals surface area contributed by atoms with E-state index in [0.717, 1.165) is 6.04 Å². The van der Waals surface area contributed by atoms with Crippen molar-refractivity contribution in [3.8, 4) is 0 Å². The minimum Gasteiger partial charge on any atom is -0.314 e. The maximum absolute atomic E-state index is 3.82. The van der Waals surface area contributed by atoms with Crippen LogP contribution in [0.1, 0.15) is 162 Å². The minimum atomic E-state index is 0.771. The molecule has 0 fully saturated rings. The molecule has 0 aliphatic carbocycles. The Labute approximate surface area is 180 Å². The highest BCUT2D eigenvalue weighted by molar-refractivity contribution is 4.65. The molecule has 0 aromatic carbocycles. The van der Waals surface area contributed by atoms with Gasteiger partial charge in [-0.05, 0) is 25.8 Å². The first kappa shape index (κ1) is 28.0. The smallest absolute Gasteiger partial charge is 0.00644 e. The van der Waals surface area contributed by atoms with E-state index >= 15 is 0 Å². The third kappa shape index (κ3) is 22.3. The zero-order chi connectivity index (χ0) is 20.5. The van der Waals surface area contributed by atoms with Gasteiger partial charge in [-0.3, -0.25) is 0 Å². The summed E-state index contributed by atoms with van der Waals surface area (Å²) >= 11 is 0. The molecular formula is C27H57N. The van der Waals surface area contributed by atoms with E-state index in [1.54, 1.807) is 0 Å². The topological polar surface area (TPSA) is 12.0 Å². The lowest BCUT2D eigenvalue weighted by molar-refractivity contribution is 0.432. The average Bonchev–Trinajstić information content (AvgIpc) is 2.71. The van der Waals surface area contributed by atoms with Crippen molar-refractivity contribution in [3.63, 3.8) is 0 Å². The lowest BCUT2D eigenvalue weighted by Crippen LogP contribution is -2.29. The first-order valence-electron chi connectivity index (χ1n) is 13.6. The number of hydrogen-bond acceptors (Lipinski definition) is 1. The first-order chi connectivity index (χ1) is 13.8. The fourth-order valence-corrected chi connectivity index (χ4v) is 4.25. The van der Waals surface area contributed by atoms with Gasteiger partial charge in [0, 0.05) is 6.04 Å². The molecule has 1 heteroatoms. The predicted molar refractivity (Wildman–Crippen MR) is 130 cm³/mol. The highest BCUT2D eigenvalue weighted by atomic mass is 14.9. The van der Waals surface area contributed by atoms with Gasteiger partial charge in [-0.1, -0.05) is 143 Å². The first-order valence-corrected chi connectivity index (χ1v) is 13.6.